The number of nitrogen functional groups attached to an aromatic ring is 1. The molecule has 0 aliphatic carbocycles. The van der Waals surface area contributed by atoms with Crippen molar-refractivity contribution in [1.29, 1.82) is 0 Å². The van der Waals surface area contributed by atoms with Crippen LogP contribution in [0.25, 0.3) is 0 Å². The van der Waals surface area contributed by atoms with Crippen molar-refractivity contribution in [3.05, 3.63) is 12.1 Å². The number of nitrogens with two attached hydrogens (primary N) is 1. The van der Waals surface area contributed by atoms with Gasteiger partial charge >= 0.3 is 0 Å². The van der Waals surface area contributed by atoms with E-state index in [4.69, 9.17) is 15.2 Å². The molecule has 5 heteroatoms. The summed E-state index contributed by atoms with van der Waals surface area (Å²) in [7, 11) is 1.57. The van der Waals surface area contributed by atoms with E-state index in [1.807, 2.05) is 6.07 Å². The normalized spacial score (nSPS) is 17.1. The Labute approximate surface area is 95.0 Å². The van der Waals surface area contributed by atoms with Gasteiger partial charge in [-0.15, -0.1) is 0 Å². The smallest absolute Gasteiger partial charge is 0.238 e. The second kappa shape index (κ2) is 5.03. The van der Waals surface area contributed by atoms with Crippen LogP contribution < -0.4 is 15.8 Å². The first-order valence-electron chi connectivity index (χ1n) is 5.44. The molecule has 88 valence electrons. The van der Waals surface area contributed by atoms with E-state index >= 15 is 0 Å². The maximum atomic E-state index is 5.70. The highest BCUT2D eigenvalue weighted by molar-refractivity contribution is 5.53. The summed E-state index contributed by atoms with van der Waals surface area (Å²) in [4.78, 5) is 4.29. The molecule has 1 saturated heterocycles. The van der Waals surface area contributed by atoms with Crippen LogP contribution in [-0.4, -0.2) is 31.3 Å². The Balaban J connectivity index is 2.03. The van der Waals surface area contributed by atoms with Gasteiger partial charge in [-0.05, 0) is 25.0 Å². The van der Waals surface area contributed by atoms with Gasteiger partial charge in [0.1, 0.15) is 5.82 Å². The van der Waals surface area contributed by atoms with Crippen molar-refractivity contribution in [2.75, 3.05) is 31.4 Å². The van der Waals surface area contributed by atoms with Crippen molar-refractivity contribution in [2.45, 2.75) is 18.9 Å². The van der Waals surface area contributed by atoms with Crippen LogP contribution in [0.15, 0.2) is 12.1 Å². The summed E-state index contributed by atoms with van der Waals surface area (Å²) in [6.07, 6.45) is 2.02. The van der Waals surface area contributed by atoms with Crippen molar-refractivity contribution in [2.24, 2.45) is 0 Å². The number of aromatic nitrogens is 1. The Hall–Kier alpha value is -1.49. The fourth-order valence-electron chi connectivity index (χ4n) is 1.75. The van der Waals surface area contributed by atoms with Gasteiger partial charge in [0.2, 0.25) is 5.88 Å². The van der Waals surface area contributed by atoms with Gasteiger partial charge in [-0.25, -0.2) is 0 Å². The van der Waals surface area contributed by atoms with Crippen LogP contribution in [0.3, 0.4) is 0 Å². The van der Waals surface area contributed by atoms with Gasteiger partial charge in [0.25, 0.3) is 0 Å². The van der Waals surface area contributed by atoms with Crippen LogP contribution in [0.1, 0.15) is 12.8 Å². The third-order valence-corrected chi connectivity index (χ3v) is 2.66. The molecule has 1 aliphatic heterocycles. The van der Waals surface area contributed by atoms with Crippen LogP contribution in [0.4, 0.5) is 11.5 Å². The highest BCUT2D eigenvalue weighted by Crippen LogP contribution is 2.21. The van der Waals surface area contributed by atoms with E-state index in [0.29, 0.717) is 17.6 Å². The molecule has 0 atom stereocenters. The number of rotatable bonds is 3. The van der Waals surface area contributed by atoms with Crippen molar-refractivity contribution >= 4 is 11.5 Å². The van der Waals surface area contributed by atoms with Crippen LogP contribution >= 0.6 is 0 Å². The zero-order valence-electron chi connectivity index (χ0n) is 9.40. The number of anilines is 2. The number of nitrogens with one attached hydrogen (secondary N) is 1. The topological polar surface area (TPSA) is 69.4 Å². The lowest BCUT2D eigenvalue weighted by atomic mass is 10.1. The average Bonchev–Trinajstić information content (AvgIpc) is 2.33. The fraction of sp³-hybridized carbons (Fsp3) is 0.545. The summed E-state index contributed by atoms with van der Waals surface area (Å²) < 4.78 is 10.4. The highest BCUT2D eigenvalue weighted by Gasteiger charge is 2.14. The highest BCUT2D eigenvalue weighted by atomic mass is 16.5. The van der Waals surface area contributed by atoms with Crippen LogP contribution in [0, 0.1) is 0 Å². The van der Waals surface area contributed by atoms with Gasteiger partial charge < -0.3 is 20.5 Å². The second-order valence-corrected chi connectivity index (χ2v) is 3.83. The molecule has 0 aromatic carbocycles. The molecule has 1 aliphatic rings. The molecule has 5 nitrogen and oxygen atoms in total. The molecule has 2 rings (SSSR count). The standard InChI is InChI=1S/C11H17N3O2/c1-15-11-9(12)2-3-10(14-11)13-8-4-6-16-7-5-8/h2-3,8H,4-7,12H2,1H3,(H,13,14). The molecule has 0 unspecified atom stereocenters. The Morgan fingerprint density at radius 2 is 2.19 bits per heavy atom. The van der Waals surface area contributed by atoms with Crippen LogP contribution in [-0.2, 0) is 4.74 Å². The number of ether oxygens (including phenoxy) is 2. The van der Waals surface area contributed by atoms with E-state index in [1.54, 1.807) is 13.2 Å². The lowest BCUT2D eigenvalue weighted by molar-refractivity contribution is 0.0904. The Bertz CT molecular complexity index is 351. The van der Waals surface area contributed by atoms with E-state index in [9.17, 15) is 0 Å². The monoisotopic (exact) mass is 223 g/mol. The molecule has 0 bridgehead atoms. The fourth-order valence-corrected chi connectivity index (χ4v) is 1.75. The molecule has 1 fully saturated rings. The maximum Gasteiger partial charge on any atom is 0.238 e. The van der Waals surface area contributed by atoms with E-state index in [1.165, 1.54) is 0 Å². The lowest BCUT2D eigenvalue weighted by Crippen LogP contribution is -2.28. The van der Waals surface area contributed by atoms with Crippen LogP contribution in [0.2, 0.25) is 0 Å². The number of hydrogen-bond donors (Lipinski definition) is 2. The Morgan fingerprint density at radius 3 is 2.88 bits per heavy atom. The molecule has 2 heterocycles. The minimum Gasteiger partial charge on any atom is -0.479 e. The van der Waals surface area contributed by atoms with Gasteiger partial charge in [-0.2, -0.15) is 4.98 Å². The third-order valence-electron chi connectivity index (χ3n) is 2.66. The predicted octanol–water partition coefficient (Wildman–Crippen LogP) is 1.26. The summed E-state index contributed by atoms with van der Waals surface area (Å²) >= 11 is 0. The first-order valence-corrected chi connectivity index (χ1v) is 5.44. The number of methoxy groups -OCH3 is 1. The maximum absolute atomic E-state index is 5.70. The zero-order valence-corrected chi connectivity index (χ0v) is 9.40. The number of hydrogen-bond acceptors (Lipinski definition) is 5. The van der Waals surface area contributed by atoms with Gasteiger partial charge in [-0.3, -0.25) is 0 Å². The molecule has 0 amide bonds. The average molecular weight is 223 g/mol. The molecule has 3 N–H and O–H groups in total. The largest absolute Gasteiger partial charge is 0.479 e. The minimum absolute atomic E-state index is 0.426. The lowest BCUT2D eigenvalue weighted by Gasteiger charge is -2.23. The summed E-state index contributed by atoms with van der Waals surface area (Å²) in [5.41, 5.74) is 6.25. The molecular formula is C11H17N3O2. The summed E-state index contributed by atoms with van der Waals surface area (Å²) in [5, 5.41) is 3.36. The summed E-state index contributed by atoms with van der Waals surface area (Å²) in [5.74, 6) is 1.27. The van der Waals surface area contributed by atoms with Crippen molar-refractivity contribution in [3.8, 4) is 5.88 Å². The molecule has 0 spiro atoms. The number of pyridine rings is 1. The van der Waals surface area contributed by atoms with Crippen LogP contribution in [0.5, 0.6) is 5.88 Å². The third kappa shape index (κ3) is 2.55. The second-order valence-electron chi connectivity index (χ2n) is 3.83. The van der Waals surface area contributed by atoms with E-state index in [0.717, 1.165) is 31.9 Å². The minimum atomic E-state index is 0.426. The van der Waals surface area contributed by atoms with E-state index < -0.39 is 0 Å². The Kier molecular flexibility index (Phi) is 3.46. The zero-order chi connectivity index (χ0) is 11.4. The first kappa shape index (κ1) is 11.0. The quantitative estimate of drug-likeness (QED) is 0.807. The summed E-state index contributed by atoms with van der Waals surface area (Å²) in [6.45, 7) is 1.62. The molecule has 1 aromatic heterocycles. The van der Waals surface area contributed by atoms with Gasteiger partial charge in [0.05, 0.1) is 12.8 Å². The van der Waals surface area contributed by atoms with Crippen molar-refractivity contribution in [1.82, 2.24) is 4.98 Å². The molecule has 16 heavy (non-hydrogen) atoms. The molecular weight excluding hydrogens is 206 g/mol. The molecule has 0 radical (unpaired) electrons. The van der Waals surface area contributed by atoms with E-state index in [-0.39, 0.29) is 0 Å². The van der Waals surface area contributed by atoms with Gasteiger partial charge in [0, 0.05) is 19.3 Å². The SMILES string of the molecule is COc1nc(NC2CCOCC2)ccc1N. The molecule has 0 saturated carbocycles. The van der Waals surface area contributed by atoms with Gasteiger partial charge in [-0.1, -0.05) is 0 Å². The van der Waals surface area contributed by atoms with E-state index in [2.05, 4.69) is 10.3 Å². The van der Waals surface area contributed by atoms with Crippen molar-refractivity contribution in [3.63, 3.8) is 0 Å². The Morgan fingerprint density at radius 1 is 1.44 bits per heavy atom. The summed E-state index contributed by atoms with van der Waals surface area (Å²) in [6, 6.07) is 4.09. The van der Waals surface area contributed by atoms with Crippen molar-refractivity contribution < 1.29 is 9.47 Å². The predicted molar refractivity (Wildman–Crippen MR) is 62.7 cm³/mol. The first-order chi connectivity index (χ1) is 7.79. The molecule has 1 aromatic rings. The number of nitrogens with zero attached hydrogens (tertiary/aromatic N) is 1. The van der Waals surface area contributed by atoms with Gasteiger partial charge in [0.15, 0.2) is 0 Å².